The lowest BCUT2D eigenvalue weighted by Crippen LogP contribution is -2.49. The van der Waals surface area contributed by atoms with Crippen LogP contribution in [0.15, 0.2) is 24.3 Å². The minimum absolute atomic E-state index is 0.368. The third-order valence-corrected chi connectivity index (χ3v) is 5.56. The van der Waals surface area contributed by atoms with Crippen molar-refractivity contribution in [2.45, 2.75) is 19.3 Å². The van der Waals surface area contributed by atoms with Gasteiger partial charge in [-0.15, -0.1) is 0 Å². The summed E-state index contributed by atoms with van der Waals surface area (Å²) in [7, 11) is 0. The zero-order valence-electron chi connectivity index (χ0n) is 12.4. The number of piperazine rings is 1. The lowest BCUT2D eigenvalue weighted by atomic mass is 10.1. The van der Waals surface area contributed by atoms with Gasteiger partial charge in [-0.25, -0.2) is 0 Å². The Labute approximate surface area is 125 Å². The molecule has 21 heavy (non-hydrogen) atoms. The third-order valence-electron chi connectivity index (χ3n) is 5.56. The maximum Gasteiger partial charge on any atom is 0.226 e. The van der Waals surface area contributed by atoms with Crippen LogP contribution in [0.25, 0.3) is 0 Å². The zero-order chi connectivity index (χ0) is 14.4. The van der Waals surface area contributed by atoms with Gasteiger partial charge in [-0.05, 0) is 36.8 Å². The molecule has 0 radical (unpaired) electrons. The van der Waals surface area contributed by atoms with Crippen molar-refractivity contribution in [2.24, 2.45) is 17.8 Å². The van der Waals surface area contributed by atoms with Gasteiger partial charge in [0, 0.05) is 32.1 Å². The monoisotopic (exact) mass is 285 g/mol. The van der Waals surface area contributed by atoms with Crippen LogP contribution in [0.5, 0.6) is 0 Å². The van der Waals surface area contributed by atoms with Crippen LogP contribution in [0, 0.1) is 17.8 Å². The molecular formula is C17H23N3O. The third kappa shape index (κ3) is 2.17. The molecule has 2 N–H and O–H groups in total. The first-order valence-corrected chi connectivity index (χ1v) is 8.14. The van der Waals surface area contributed by atoms with E-state index in [1.54, 1.807) is 0 Å². The summed E-state index contributed by atoms with van der Waals surface area (Å²) in [6.45, 7) is 3.45. The van der Waals surface area contributed by atoms with Crippen molar-refractivity contribution in [3.8, 4) is 0 Å². The summed E-state index contributed by atoms with van der Waals surface area (Å²) >= 11 is 0. The van der Waals surface area contributed by atoms with Gasteiger partial charge in [0.2, 0.25) is 5.91 Å². The fourth-order valence-electron chi connectivity index (χ4n) is 4.34. The van der Waals surface area contributed by atoms with Crippen molar-refractivity contribution in [3.63, 3.8) is 0 Å². The molecule has 2 unspecified atom stereocenters. The number of hydrogen-bond donors (Lipinski definition) is 1. The van der Waals surface area contributed by atoms with E-state index < -0.39 is 0 Å². The van der Waals surface area contributed by atoms with Crippen molar-refractivity contribution in [3.05, 3.63) is 24.3 Å². The Morgan fingerprint density at radius 2 is 1.71 bits per heavy atom. The minimum Gasteiger partial charge on any atom is -0.397 e. The van der Waals surface area contributed by atoms with E-state index in [4.69, 9.17) is 5.73 Å². The molecule has 2 aliphatic carbocycles. The van der Waals surface area contributed by atoms with E-state index in [-0.39, 0.29) is 0 Å². The molecule has 3 fully saturated rings. The minimum atomic E-state index is 0.368. The standard InChI is InChI=1S/C17H23N3O/c18-14-6-1-2-7-15(14)19-8-10-20(11-9-19)17(21)16-12-4-3-5-13(12)16/h1-2,6-7,12-13,16H,3-5,8-11,18H2. The summed E-state index contributed by atoms with van der Waals surface area (Å²) in [6.07, 6.45) is 3.89. The molecular weight excluding hydrogens is 262 g/mol. The molecule has 4 heteroatoms. The Hall–Kier alpha value is -1.71. The van der Waals surface area contributed by atoms with Gasteiger partial charge in [0.15, 0.2) is 0 Å². The van der Waals surface area contributed by atoms with Crippen LogP contribution in [-0.2, 0) is 4.79 Å². The van der Waals surface area contributed by atoms with Crippen LogP contribution in [0.1, 0.15) is 19.3 Å². The number of nitrogens with two attached hydrogens (primary N) is 1. The number of hydrogen-bond acceptors (Lipinski definition) is 3. The fraction of sp³-hybridized carbons (Fsp3) is 0.588. The zero-order valence-corrected chi connectivity index (χ0v) is 12.4. The SMILES string of the molecule is Nc1ccccc1N1CCN(C(=O)C2C3CCCC32)CC1. The molecule has 3 aliphatic rings. The van der Waals surface area contributed by atoms with Crippen LogP contribution in [0.4, 0.5) is 11.4 Å². The largest absolute Gasteiger partial charge is 0.397 e. The summed E-state index contributed by atoms with van der Waals surface area (Å²) in [5.74, 6) is 2.23. The first kappa shape index (κ1) is 13.0. The van der Waals surface area contributed by atoms with Gasteiger partial charge in [0.1, 0.15) is 0 Å². The van der Waals surface area contributed by atoms with Gasteiger partial charge in [-0.2, -0.15) is 0 Å². The van der Waals surface area contributed by atoms with E-state index in [1.807, 2.05) is 18.2 Å². The van der Waals surface area contributed by atoms with Crippen molar-refractivity contribution >= 4 is 17.3 Å². The molecule has 112 valence electrons. The van der Waals surface area contributed by atoms with E-state index >= 15 is 0 Å². The molecule has 1 amide bonds. The van der Waals surface area contributed by atoms with Crippen molar-refractivity contribution in [1.82, 2.24) is 4.90 Å². The highest BCUT2D eigenvalue weighted by Crippen LogP contribution is 2.58. The first-order chi connectivity index (χ1) is 10.3. The van der Waals surface area contributed by atoms with E-state index in [2.05, 4.69) is 15.9 Å². The van der Waals surface area contributed by atoms with Crippen molar-refractivity contribution in [2.75, 3.05) is 36.8 Å². The van der Waals surface area contributed by atoms with Crippen LogP contribution in [0.3, 0.4) is 0 Å². The van der Waals surface area contributed by atoms with E-state index in [0.717, 1.165) is 49.4 Å². The predicted octanol–water partition coefficient (Wildman–Crippen LogP) is 1.96. The Balaban J connectivity index is 1.37. The molecule has 4 nitrogen and oxygen atoms in total. The molecule has 0 bridgehead atoms. The fourth-order valence-corrected chi connectivity index (χ4v) is 4.34. The summed E-state index contributed by atoms with van der Waals surface area (Å²) < 4.78 is 0. The van der Waals surface area contributed by atoms with Gasteiger partial charge < -0.3 is 15.5 Å². The van der Waals surface area contributed by atoms with Gasteiger partial charge in [0.05, 0.1) is 11.4 Å². The molecule has 2 saturated carbocycles. The van der Waals surface area contributed by atoms with E-state index in [1.165, 1.54) is 19.3 Å². The summed E-state index contributed by atoms with van der Waals surface area (Å²) in [5.41, 5.74) is 7.98. The topological polar surface area (TPSA) is 49.6 Å². The molecule has 1 saturated heterocycles. The Morgan fingerprint density at radius 3 is 2.38 bits per heavy atom. The molecule has 0 aromatic heterocycles. The van der Waals surface area contributed by atoms with Gasteiger partial charge in [-0.3, -0.25) is 4.79 Å². The molecule has 1 aliphatic heterocycles. The average molecular weight is 285 g/mol. The number of nitrogens with zero attached hydrogens (tertiary/aromatic N) is 2. The molecule has 0 spiro atoms. The highest BCUT2D eigenvalue weighted by molar-refractivity contribution is 5.83. The second-order valence-electron chi connectivity index (χ2n) is 6.66. The van der Waals surface area contributed by atoms with Gasteiger partial charge in [-0.1, -0.05) is 18.6 Å². The molecule has 2 atom stereocenters. The predicted molar refractivity (Wildman–Crippen MR) is 84.0 cm³/mol. The Bertz CT molecular complexity index is 541. The number of fused-ring (bicyclic) bond motifs is 1. The number of carbonyl (C=O) groups is 1. The van der Waals surface area contributed by atoms with Gasteiger partial charge in [0.25, 0.3) is 0 Å². The van der Waals surface area contributed by atoms with Crippen LogP contribution < -0.4 is 10.6 Å². The highest BCUT2D eigenvalue weighted by atomic mass is 16.2. The lowest BCUT2D eigenvalue weighted by Gasteiger charge is -2.37. The maximum atomic E-state index is 12.6. The highest BCUT2D eigenvalue weighted by Gasteiger charge is 2.57. The second-order valence-corrected chi connectivity index (χ2v) is 6.66. The van der Waals surface area contributed by atoms with Crippen molar-refractivity contribution in [1.29, 1.82) is 0 Å². The summed E-state index contributed by atoms with van der Waals surface area (Å²) in [6, 6.07) is 8.00. The summed E-state index contributed by atoms with van der Waals surface area (Å²) in [4.78, 5) is 16.9. The molecule has 4 rings (SSSR count). The van der Waals surface area contributed by atoms with Crippen molar-refractivity contribution < 1.29 is 4.79 Å². The number of para-hydroxylation sites is 2. The molecule has 1 aromatic rings. The number of nitrogen functional groups attached to an aromatic ring is 1. The van der Waals surface area contributed by atoms with Gasteiger partial charge >= 0.3 is 0 Å². The van der Waals surface area contributed by atoms with Crippen LogP contribution >= 0.6 is 0 Å². The maximum absolute atomic E-state index is 12.6. The molecule has 1 heterocycles. The first-order valence-electron chi connectivity index (χ1n) is 8.14. The number of amides is 1. The van der Waals surface area contributed by atoms with Crippen LogP contribution in [-0.4, -0.2) is 37.0 Å². The number of carbonyl (C=O) groups excluding carboxylic acids is 1. The Kier molecular flexibility index (Phi) is 3.05. The Morgan fingerprint density at radius 1 is 1.05 bits per heavy atom. The van der Waals surface area contributed by atoms with E-state index in [9.17, 15) is 4.79 Å². The number of benzene rings is 1. The van der Waals surface area contributed by atoms with E-state index in [0.29, 0.717) is 11.8 Å². The quantitative estimate of drug-likeness (QED) is 0.845. The van der Waals surface area contributed by atoms with Crippen LogP contribution in [0.2, 0.25) is 0 Å². The number of rotatable bonds is 2. The average Bonchev–Trinajstić information content (AvgIpc) is 2.99. The number of anilines is 2. The molecule has 1 aromatic carbocycles. The smallest absolute Gasteiger partial charge is 0.226 e. The second kappa shape index (κ2) is 4.93. The summed E-state index contributed by atoms with van der Waals surface area (Å²) in [5, 5.41) is 0. The normalized spacial score (nSPS) is 31.1. The lowest BCUT2D eigenvalue weighted by molar-refractivity contribution is -0.133.